The Kier molecular flexibility index (Phi) is 13.2. The van der Waals surface area contributed by atoms with Gasteiger partial charge in [-0.25, -0.2) is 14.6 Å². The quantitative estimate of drug-likeness (QED) is 0.148. The van der Waals surface area contributed by atoms with Gasteiger partial charge in [0.05, 0.1) is 36.2 Å². The molecule has 1 heterocycles. The summed E-state index contributed by atoms with van der Waals surface area (Å²) >= 11 is 0. The number of nitrogens with one attached hydrogen (secondary N) is 2. The Balaban J connectivity index is 0.000000384. The number of benzene rings is 2. The first kappa shape index (κ1) is 41.9. The van der Waals surface area contributed by atoms with E-state index in [4.69, 9.17) is 25.5 Å². The lowest BCUT2D eigenvalue weighted by molar-refractivity contribution is -0.124. The molecule has 4 aliphatic carbocycles. The summed E-state index contributed by atoms with van der Waals surface area (Å²) in [6.07, 6.45) is 1.16. The summed E-state index contributed by atoms with van der Waals surface area (Å²) < 4.78 is 0. The summed E-state index contributed by atoms with van der Waals surface area (Å²) in [4.78, 5) is 53.7. The maximum Gasteiger partial charge on any atom is 0.345 e. The molecule has 0 saturated heterocycles. The summed E-state index contributed by atoms with van der Waals surface area (Å²) in [6, 6.07) is 13.1. The zero-order valence-electron chi connectivity index (χ0n) is 31.9. The first-order valence-corrected chi connectivity index (χ1v) is 18.9. The van der Waals surface area contributed by atoms with Gasteiger partial charge in [-0.05, 0) is 87.6 Å². The van der Waals surface area contributed by atoms with Crippen molar-refractivity contribution in [1.82, 2.24) is 10.3 Å². The van der Waals surface area contributed by atoms with Gasteiger partial charge in [0.25, 0.3) is 0 Å². The maximum absolute atomic E-state index is 14.2. The van der Waals surface area contributed by atoms with Crippen molar-refractivity contribution in [2.45, 2.75) is 83.7 Å². The van der Waals surface area contributed by atoms with Gasteiger partial charge in [-0.15, -0.1) is 0 Å². The van der Waals surface area contributed by atoms with Gasteiger partial charge in [0.15, 0.2) is 5.78 Å². The standard InChI is InChI=1S/C33H38N4O5.C7H17NO5/c1-32(2,3)27(38)18-36-26-10-5-4-9-25(26)29(33-15-20-11-21(16-33)13-22(12-20)17-33)35-37(31(36)42)19-28(39)34-24-8-6-7-23(14-24)30(40)41;1-8-2-4(10)6(12)7(13)5(11)3-9/h4-10,14,20-22H,11-13,15-19H2,1-3H3,(H,34,39)(H,40,41);4-13H,2-3H2,1H3/t;4-,5+,6+,7+/m.0/s1. The normalized spacial score (nSPS) is 25.1. The monoisotopic (exact) mass is 765 g/mol. The highest BCUT2D eigenvalue weighted by atomic mass is 16.4. The van der Waals surface area contributed by atoms with E-state index >= 15 is 0 Å². The zero-order valence-corrected chi connectivity index (χ0v) is 31.9. The van der Waals surface area contributed by atoms with Crippen LogP contribution in [0.25, 0.3) is 0 Å². The fourth-order valence-corrected chi connectivity index (χ4v) is 8.76. The van der Waals surface area contributed by atoms with Crippen molar-refractivity contribution in [2.75, 3.05) is 43.5 Å². The highest BCUT2D eigenvalue weighted by molar-refractivity contribution is 6.15. The number of fused-ring (bicyclic) bond motifs is 1. The van der Waals surface area contributed by atoms with Crippen LogP contribution in [0.1, 0.15) is 75.2 Å². The van der Waals surface area contributed by atoms with Crippen molar-refractivity contribution in [3.8, 4) is 0 Å². The van der Waals surface area contributed by atoms with E-state index in [0.29, 0.717) is 29.1 Å². The Hall–Kier alpha value is -4.25. The molecule has 1 aliphatic heterocycles. The molecule has 300 valence electrons. The fraction of sp³-hybridized carbons (Fsp3) is 0.575. The van der Waals surface area contributed by atoms with Crippen molar-refractivity contribution in [3.05, 3.63) is 59.7 Å². The van der Waals surface area contributed by atoms with Crippen LogP contribution < -0.4 is 15.5 Å². The summed E-state index contributed by atoms with van der Waals surface area (Å²) in [5.41, 5.74) is 1.86. The number of ketones is 1. The summed E-state index contributed by atoms with van der Waals surface area (Å²) in [5, 5.41) is 65.8. The Bertz CT molecular complexity index is 1720. The second-order valence-electron chi connectivity index (χ2n) is 16.6. The average Bonchev–Trinajstić information content (AvgIpc) is 3.24. The number of hydrogen-bond acceptors (Lipinski definition) is 11. The smallest absolute Gasteiger partial charge is 0.345 e. The molecule has 0 radical (unpaired) electrons. The number of aliphatic hydroxyl groups excluding tert-OH is 5. The van der Waals surface area contributed by atoms with E-state index < -0.39 is 54.3 Å². The molecule has 55 heavy (non-hydrogen) atoms. The number of amides is 3. The number of carbonyl (C=O) groups is 4. The third-order valence-corrected chi connectivity index (χ3v) is 11.2. The van der Waals surface area contributed by atoms with Crippen LogP contribution in [0.5, 0.6) is 0 Å². The highest BCUT2D eigenvalue weighted by Crippen LogP contribution is 2.61. The minimum absolute atomic E-state index is 0.0445. The van der Waals surface area contributed by atoms with Gasteiger partial charge in [0, 0.05) is 28.6 Å². The molecular weight excluding hydrogens is 710 g/mol. The molecule has 4 fully saturated rings. The number of anilines is 2. The highest BCUT2D eigenvalue weighted by Gasteiger charge is 2.55. The van der Waals surface area contributed by atoms with Gasteiger partial charge in [0.2, 0.25) is 5.91 Å². The number of Topliss-reactive ketones (excluding diaryl/α,β-unsaturated/α-hetero) is 1. The van der Waals surface area contributed by atoms with Crippen molar-refractivity contribution in [3.63, 3.8) is 0 Å². The Morgan fingerprint density at radius 1 is 0.891 bits per heavy atom. The molecule has 0 aromatic heterocycles. The van der Waals surface area contributed by atoms with E-state index in [9.17, 15) is 29.4 Å². The summed E-state index contributed by atoms with van der Waals surface area (Å²) in [5.74, 6) is 0.215. The van der Waals surface area contributed by atoms with Crippen molar-refractivity contribution < 1.29 is 49.8 Å². The van der Waals surface area contributed by atoms with Gasteiger partial charge >= 0.3 is 12.0 Å². The molecule has 0 unspecified atom stereocenters. The van der Waals surface area contributed by atoms with Gasteiger partial charge in [0.1, 0.15) is 24.9 Å². The summed E-state index contributed by atoms with van der Waals surface area (Å²) in [7, 11) is 1.57. The van der Waals surface area contributed by atoms with E-state index in [1.54, 1.807) is 19.2 Å². The van der Waals surface area contributed by atoms with Crippen LogP contribution in [-0.2, 0) is 9.59 Å². The third kappa shape index (κ3) is 9.59. The molecular formula is C40H55N5O10. The number of likely N-dealkylation sites (N-methyl/N-ethyl adjacent to an activating group) is 1. The SMILES string of the molecule is CC(C)(C)C(=O)CN1C(=O)N(CC(=O)Nc2cccc(C(=O)O)c2)N=C(C23CC4CC(CC(C4)C2)C3)c2ccccc21.CNC[C@H](O)[C@@H](O)[C@H](O)[C@H](O)CO. The zero-order chi connectivity index (χ0) is 40.2. The molecule has 7 rings (SSSR count). The number of aliphatic hydroxyl groups is 5. The van der Waals surface area contributed by atoms with E-state index in [2.05, 4.69) is 10.6 Å². The second kappa shape index (κ2) is 17.3. The Morgan fingerprint density at radius 3 is 2.05 bits per heavy atom. The number of aromatic carboxylic acids is 1. The molecule has 15 nitrogen and oxygen atoms in total. The predicted molar refractivity (Wildman–Crippen MR) is 205 cm³/mol. The summed E-state index contributed by atoms with van der Waals surface area (Å²) in [6.45, 7) is 4.41. The fourth-order valence-electron chi connectivity index (χ4n) is 8.76. The minimum atomic E-state index is -1.55. The van der Waals surface area contributed by atoms with Crippen LogP contribution >= 0.6 is 0 Å². The third-order valence-electron chi connectivity index (χ3n) is 11.2. The van der Waals surface area contributed by atoms with Crippen LogP contribution in [0.2, 0.25) is 0 Å². The van der Waals surface area contributed by atoms with Gasteiger partial charge < -0.3 is 41.3 Å². The van der Waals surface area contributed by atoms with Crippen LogP contribution in [0.15, 0.2) is 53.6 Å². The first-order chi connectivity index (χ1) is 26.0. The molecule has 15 heteroatoms. The number of urea groups is 1. The van der Waals surface area contributed by atoms with E-state index in [0.717, 1.165) is 30.5 Å². The van der Waals surface area contributed by atoms with Crippen molar-refractivity contribution in [2.24, 2.45) is 33.7 Å². The van der Waals surface area contributed by atoms with E-state index in [1.807, 2.05) is 45.0 Å². The van der Waals surface area contributed by atoms with Gasteiger partial charge in [-0.2, -0.15) is 5.10 Å². The number of hydrazone groups is 1. The van der Waals surface area contributed by atoms with Crippen molar-refractivity contribution >= 4 is 40.8 Å². The number of carboxylic acids is 1. The number of para-hydroxylation sites is 1. The molecule has 2 aromatic carbocycles. The number of rotatable bonds is 13. The molecule has 0 spiro atoms. The molecule has 3 amide bonds. The molecule has 5 aliphatic rings. The average molecular weight is 766 g/mol. The number of hydrogen-bond donors (Lipinski definition) is 8. The molecule has 2 aromatic rings. The lowest BCUT2D eigenvalue weighted by Crippen LogP contribution is -2.50. The largest absolute Gasteiger partial charge is 0.478 e. The Labute approximate surface area is 321 Å². The molecule has 4 saturated carbocycles. The van der Waals surface area contributed by atoms with Crippen molar-refractivity contribution in [1.29, 1.82) is 0 Å². The van der Waals surface area contributed by atoms with Crippen LogP contribution in [0.4, 0.5) is 16.2 Å². The molecule has 8 N–H and O–H groups in total. The van der Waals surface area contributed by atoms with E-state index in [-0.39, 0.29) is 36.4 Å². The van der Waals surface area contributed by atoms with Gasteiger partial charge in [-0.1, -0.05) is 45.0 Å². The van der Waals surface area contributed by atoms with Crippen LogP contribution in [0, 0.1) is 28.6 Å². The molecule has 4 bridgehead atoms. The predicted octanol–water partition coefficient (Wildman–Crippen LogP) is 2.44. The Morgan fingerprint density at radius 2 is 1.49 bits per heavy atom. The number of carbonyl (C=O) groups excluding carboxylic acids is 3. The molecule has 4 atom stereocenters. The second-order valence-corrected chi connectivity index (χ2v) is 16.6. The number of nitrogens with zero attached hydrogens (tertiary/aromatic N) is 3. The van der Waals surface area contributed by atoms with E-state index in [1.165, 1.54) is 41.3 Å². The number of carboxylic acid groups (broad SMARTS) is 1. The lowest BCUT2D eigenvalue weighted by atomic mass is 9.48. The van der Waals surface area contributed by atoms with Crippen LogP contribution in [-0.4, -0.2) is 123 Å². The lowest BCUT2D eigenvalue weighted by Gasteiger charge is -2.57. The first-order valence-electron chi connectivity index (χ1n) is 18.9. The van der Waals surface area contributed by atoms with Crippen LogP contribution in [0.3, 0.4) is 0 Å². The topological polar surface area (TPSA) is 233 Å². The van der Waals surface area contributed by atoms with Gasteiger partial charge in [-0.3, -0.25) is 14.5 Å². The minimum Gasteiger partial charge on any atom is -0.478 e. The maximum atomic E-state index is 14.2.